The predicted octanol–water partition coefficient (Wildman–Crippen LogP) is -1.28. The molecule has 0 aromatic heterocycles. The lowest BCUT2D eigenvalue weighted by Crippen LogP contribution is -2.54. The minimum atomic E-state index is -1.30. The van der Waals surface area contributed by atoms with Gasteiger partial charge in [-0.1, -0.05) is 0 Å². The van der Waals surface area contributed by atoms with Gasteiger partial charge in [0.2, 0.25) is 11.8 Å². The third-order valence-corrected chi connectivity index (χ3v) is 4.18. The monoisotopic (exact) mass is 392 g/mol. The van der Waals surface area contributed by atoms with E-state index in [-0.39, 0.29) is 12.8 Å². The zero-order valence-corrected chi connectivity index (χ0v) is 15.6. The molecule has 8 N–H and O–H groups in total. The summed E-state index contributed by atoms with van der Waals surface area (Å²) in [5.74, 6) is -3.28. The van der Waals surface area contributed by atoms with Gasteiger partial charge in [-0.15, -0.1) is 0 Å². The van der Waals surface area contributed by atoms with Crippen molar-refractivity contribution in [3.63, 3.8) is 0 Å². The third-order valence-electron chi connectivity index (χ3n) is 3.54. The van der Waals surface area contributed by atoms with Crippen molar-refractivity contribution in [2.45, 2.75) is 50.2 Å². The molecular formula is C15H28N4O6S. The largest absolute Gasteiger partial charge is 0.481 e. The quantitative estimate of drug-likeness (QED) is 0.196. The van der Waals surface area contributed by atoms with Crippen molar-refractivity contribution in [1.29, 1.82) is 0 Å². The molecule has 0 aliphatic rings. The molecule has 0 rings (SSSR count). The fourth-order valence-electron chi connectivity index (χ4n) is 2.09. The first-order valence-corrected chi connectivity index (χ1v) is 9.62. The van der Waals surface area contributed by atoms with Crippen LogP contribution in [-0.2, 0) is 19.2 Å². The van der Waals surface area contributed by atoms with Crippen LogP contribution in [0.15, 0.2) is 0 Å². The van der Waals surface area contributed by atoms with Crippen LogP contribution in [0.2, 0.25) is 0 Å². The second kappa shape index (κ2) is 13.4. The van der Waals surface area contributed by atoms with E-state index in [2.05, 4.69) is 10.6 Å². The number of thioether (sulfide) groups is 1. The maximum atomic E-state index is 12.4. The first-order valence-electron chi connectivity index (χ1n) is 8.22. The van der Waals surface area contributed by atoms with Gasteiger partial charge in [0.15, 0.2) is 0 Å². The van der Waals surface area contributed by atoms with Gasteiger partial charge in [-0.3, -0.25) is 14.4 Å². The SMILES string of the molecule is CSCCC(NC(=O)C(CCCCN)NC(=O)C(N)CC(=O)O)C(=O)O. The molecule has 0 spiro atoms. The van der Waals surface area contributed by atoms with Gasteiger partial charge >= 0.3 is 11.9 Å². The number of carboxylic acids is 2. The molecule has 150 valence electrons. The lowest BCUT2D eigenvalue weighted by atomic mass is 10.1. The van der Waals surface area contributed by atoms with Crippen LogP contribution in [0.5, 0.6) is 0 Å². The molecule has 0 aromatic rings. The molecule has 26 heavy (non-hydrogen) atoms. The molecule has 0 heterocycles. The molecule has 0 aliphatic heterocycles. The van der Waals surface area contributed by atoms with E-state index in [1.54, 1.807) is 0 Å². The predicted molar refractivity (Wildman–Crippen MR) is 97.6 cm³/mol. The zero-order chi connectivity index (χ0) is 20.1. The number of carboxylic acid groups (broad SMARTS) is 2. The van der Waals surface area contributed by atoms with E-state index in [0.29, 0.717) is 25.1 Å². The zero-order valence-electron chi connectivity index (χ0n) is 14.8. The Morgan fingerprint density at radius 1 is 1.00 bits per heavy atom. The van der Waals surface area contributed by atoms with Crippen molar-refractivity contribution < 1.29 is 29.4 Å². The molecule has 3 atom stereocenters. The fraction of sp³-hybridized carbons (Fsp3) is 0.733. The van der Waals surface area contributed by atoms with Crippen molar-refractivity contribution in [2.24, 2.45) is 11.5 Å². The lowest BCUT2D eigenvalue weighted by Gasteiger charge is -2.22. The number of carbonyl (C=O) groups excluding carboxylic acids is 2. The average molecular weight is 392 g/mol. The summed E-state index contributed by atoms with van der Waals surface area (Å²) in [7, 11) is 0. The van der Waals surface area contributed by atoms with Crippen LogP contribution in [0.3, 0.4) is 0 Å². The molecule has 0 saturated carbocycles. The molecule has 0 radical (unpaired) electrons. The number of hydrogen-bond donors (Lipinski definition) is 6. The third kappa shape index (κ3) is 10.2. The molecule has 0 aromatic carbocycles. The summed E-state index contributed by atoms with van der Waals surface area (Å²) in [6.07, 6.45) is 2.88. The van der Waals surface area contributed by atoms with Crippen LogP contribution in [0.4, 0.5) is 0 Å². The van der Waals surface area contributed by atoms with Crippen molar-refractivity contribution in [1.82, 2.24) is 10.6 Å². The smallest absolute Gasteiger partial charge is 0.326 e. The fourth-order valence-corrected chi connectivity index (χ4v) is 2.56. The van der Waals surface area contributed by atoms with E-state index in [1.165, 1.54) is 11.8 Å². The summed E-state index contributed by atoms with van der Waals surface area (Å²) < 4.78 is 0. The lowest BCUT2D eigenvalue weighted by molar-refractivity contribution is -0.142. The van der Waals surface area contributed by atoms with Crippen LogP contribution >= 0.6 is 11.8 Å². The molecule has 10 nitrogen and oxygen atoms in total. The van der Waals surface area contributed by atoms with Crippen molar-refractivity contribution in [3.8, 4) is 0 Å². The van der Waals surface area contributed by atoms with Crippen molar-refractivity contribution >= 4 is 35.5 Å². The first kappa shape index (κ1) is 24.1. The van der Waals surface area contributed by atoms with Gasteiger partial charge in [-0.25, -0.2) is 4.79 Å². The Balaban J connectivity index is 4.96. The molecule has 0 fully saturated rings. The first-order chi connectivity index (χ1) is 12.2. The van der Waals surface area contributed by atoms with E-state index in [4.69, 9.17) is 16.6 Å². The Morgan fingerprint density at radius 3 is 2.12 bits per heavy atom. The molecule has 11 heteroatoms. The number of aliphatic carboxylic acids is 2. The summed E-state index contributed by atoms with van der Waals surface area (Å²) in [5.41, 5.74) is 10.9. The second-order valence-electron chi connectivity index (χ2n) is 5.73. The molecule has 3 unspecified atom stereocenters. The molecular weight excluding hydrogens is 364 g/mol. The number of hydrogen-bond acceptors (Lipinski definition) is 7. The van der Waals surface area contributed by atoms with Gasteiger partial charge in [-0.2, -0.15) is 11.8 Å². The number of unbranched alkanes of at least 4 members (excludes halogenated alkanes) is 1. The van der Waals surface area contributed by atoms with E-state index < -0.39 is 48.3 Å². The standard InChI is InChI=1S/C15H28N4O6S/c1-26-7-5-11(15(24)25)19-14(23)10(4-2-3-6-16)18-13(22)9(17)8-12(20)21/h9-11H,2-8,16-17H2,1H3,(H,18,22)(H,19,23)(H,20,21)(H,24,25). The van der Waals surface area contributed by atoms with Crippen LogP contribution in [0.1, 0.15) is 32.1 Å². The Bertz CT molecular complexity index is 491. The normalized spacial score (nSPS) is 14.1. The topological polar surface area (TPSA) is 185 Å². The molecule has 0 saturated heterocycles. The van der Waals surface area contributed by atoms with E-state index in [1.807, 2.05) is 6.26 Å². The summed E-state index contributed by atoms with van der Waals surface area (Å²) in [6.45, 7) is 0.409. The summed E-state index contributed by atoms with van der Waals surface area (Å²) in [5, 5.41) is 22.7. The maximum Gasteiger partial charge on any atom is 0.326 e. The number of nitrogens with one attached hydrogen (secondary N) is 2. The highest BCUT2D eigenvalue weighted by molar-refractivity contribution is 7.98. The minimum Gasteiger partial charge on any atom is -0.481 e. The van der Waals surface area contributed by atoms with E-state index in [9.17, 15) is 24.3 Å². The second-order valence-corrected chi connectivity index (χ2v) is 6.72. The molecule has 0 aliphatic carbocycles. The van der Waals surface area contributed by atoms with Crippen LogP contribution < -0.4 is 22.1 Å². The summed E-state index contributed by atoms with van der Waals surface area (Å²) in [4.78, 5) is 46.3. The number of nitrogens with two attached hydrogens (primary N) is 2. The highest BCUT2D eigenvalue weighted by atomic mass is 32.2. The van der Waals surface area contributed by atoms with Gasteiger partial charge in [0.25, 0.3) is 0 Å². The number of carbonyl (C=O) groups is 4. The van der Waals surface area contributed by atoms with E-state index >= 15 is 0 Å². The Labute approximate surface area is 156 Å². The summed E-state index contributed by atoms with van der Waals surface area (Å²) in [6, 6.07) is -3.38. The molecule has 0 bridgehead atoms. The van der Waals surface area contributed by atoms with Gasteiger partial charge in [0.05, 0.1) is 12.5 Å². The summed E-state index contributed by atoms with van der Waals surface area (Å²) >= 11 is 1.45. The Morgan fingerprint density at radius 2 is 1.62 bits per heavy atom. The minimum absolute atomic E-state index is 0.240. The number of amides is 2. The van der Waals surface area contributed by atoms with Gasteiger partial charge < -0.3 is 32.3 Å². The van der Waals surface area contributed by atoms with Gasteiger partial charge in [0, 0.05) is 0 Å². The Kier molecular flexibility index (Phi) is 12.4. The number of rotatable bonds is 14. The maximum absolute atomic E-state index is 12.4. The van der Waals surface area contributed by atoms with Crippen LogP contribution in [0.25, 0.3) is 0 Å². The highest BCUT2D eigenvalue weighted by Crippen LogP contribution is 2.05. The van der Waals surface area contributed by atoms with Gasteiger partial charge in [0.1, 0.15) is 12.1 Å². The molecule has 2 amide bonds. The van der Waals surface area contributed by atoms with Gasteiger partial charge in [-0.05, 0) is 44.2 Å². The Hall–Kier alpha value is -1.85. The van der Waals surface area contributed by atoms with E-state index in [0.717, 1.165) is 0 Å². The van der Waals surface area contributed by atoms with Crippen molar-refractivity contribution in [2.75, 3.05) is 18.6 Å². The highest BCUT2D eigenvalue weighted by Gasteiger charge is 2.28. The van der Waals surface area contributed by atoms with Crippen molar-refractivity contribution in [3.05, 3.63) is 0 Å². The van der Waals surface area contributed by atoms with Crippen LogP contribution in [0, 0.1) is 0 Å². The van der Waals surface area contributed by atoms with Crippen LogP contribution in [-0.4, -0.2) is 70.6 Å². The average Bonchev–Trinajstić information content (AvgIpc) is 2.56.